The Balaban J connectivity index is 2.54. The van der Waals surface area contributed by atoms with E-state index in [4.69, 9.17) is 4.74 Å². The molecule has 0 aliphatic heterocycles. The molecule has 0 saturated heterocycles. The Hall–Kier alpha value is -2.60. The highest BCUT2D eigenvalue weighted by molar-refractivity contribution is 6.02. The van der Waals surface area contributed by atoms with Crippen LogP contribution in [0.3, 0.4) is 0 Å². The molecule has 2 N–H and O–H groups in total. The van der Waals surface area contributed by atoms with Crippen LogP contribution < -0.4 is 5.32 Å². The molecule has 6 nitrogen and oxygen atoms in total. The summed E-state index contributed by atoms with van der Waals surface area (Å²) in [5.74, 6) is -0.141. The largest absolute Gasteiger partial charge is 0.505 e. The zero-order chi connectivity index (χ0) is 18.8. The van der Waals surface area contributed by atoms with Crippen molar-refractivity contribution in [1.29, 1.82) is 0 Å². The smallest absolute Gasteiger partial charge is 0.274 e. The van der Waals surface area contributed by atoms with E-state index in [1.165, 1.54) is 7.11 Å². The van der Waals surface area contributed by atoms with Gasteiger partial charge < -0.3 is 19.6 Å². The fourth-order valence-electron chi connectivity index (χ4n) is 2.54. The van der Waals surface area contributed by atoms with E-state index < -0.39 is 5.91 Å². The van der Waals surface area contributed by atoms with Gasteiger partial charge in [0.15, 0.2) is 11.4 Å². The van der Waals surface area contributed by atoms with Crippen molar-refractivity contribution in [3.05, 3.63) is 47.5 Å². The van der Waals surface area contributed by atoms with Gasteiger partial charge in [-0.25, -0.2) is 4.98 Å². The first-order chi connectivity index (χ1) is 11.6. The molecule has 1 heterocycles. The van der Waals surface area contributed by atoms with Crippen molar-refractivity contribution in [2.45, 2.75) is 13.5 Å². The quantitative estimate of drug-likeness (QED) is 0.623. The van der Waals surface area contributed by atoms with Crippen molar-refractivity contribution in [3.63, 3.8) is 0 Å². The predicted molar refractivity (Wildman–Crippen MR) is 98.4 cm³/mol. The molecule has 2 rings (SSSR count). The minimum Gasteiger partial charge on any atom is -0.505 e. The maximum atomic E-state index is 12.5. The van der Waals surface area contributed by atoms with E-state index in [2.05, 4.69) is 38.0 Å². The average Bonchev–Trinajstić information content (AvgIpc) is 2.53. The van der Waals surface area contributed by atoms with Crippen molar-refractivity contribution in [2.24, 2.45) is 0 Å². The Labute approximate surface area is 148 Å². The second-order valence-electron chi connectivity index (χ2n) is 7.18. The summed E-state index contributed by atoms with van der Waals surface area (Å²) in [7, 11) is 7.65. The van der Waals surface area contributed by atoms with Crippen LogP contribution in [-0.2, 0) is 11.3 Å². The summed E-state index contributed by atoms with van der Waals surface area (Å²) >= 11 is 0. The summed E-state index contributed by atoms with van der Waals surface area (Å²) in [6.45, 7) is 6.44. The lowest BCUT2D eigenvalue weighted by atomic mass is 10.0. The highest BCUT2D eigenvalue weighted by Gasteiger charge is 2.22. The van der Waals surface area contributed by atoms with E-state index in [-0.39, 0.29) is 18.0 Å². The van der Waals surface area contributed by atoms with Gasteiger partial charge in [-0.15, -0.1) is 0 Å². The van der Waals surface area contributed by atoms with Gasteiger partial charge in [0.1, 0.15) is 18.0 Å². The lowest BCUT2D eigenvalue weighted by Crippen LogP contribution is -2.34. The monoisotopic (exact) mass is 344 g/mol. The lowest BCUT2D eigenvalue weighted by molar-refractivity contribution is -0.884. The standard InChI is InChI=1S/C19H25N3O3/c1-12-7-8-14-15(9-12)16(11-22(3,4)5)21-17(18(14)23)19(24)20-10-13(2)25-6/h7-9H,2,10-11H2,1,3-6H3,(H-,20,23,24)/p+1. The number of ether oxygens (including phenoxy) is 1. The number of nitrogens with one attached hydrogen (secondary N) is 1. The van der Waals surface area contributed by atoms with Crippen LogP contribution in [0.2, 0.25) is 0 Å². The Morgan fingerprint density at radius 2 is 2.00 bits per heavy atom. The number of rotatable bonds is 6. The Morgan fingerprint density at radius 1 is 1.32 bits per heavy atom. The molecule has 0 aliphatic rings. The van der Waals surface area contributed by atoms with Crippen LogP contribution in [0, 0.1) is 6.92 Å². The number of amides is 1. The third-order valence-corrected chi connectivity index (χ3v) is 3.79. The van der Waals surface area contributed by atoms with Gasteiger partial charge in [0.25, 0.3) is 5.91 Å². The minimum atomic E-state index is -0.458. The van der Waals surface area contributed by atoms with Gasteiger partial charge in [-0.1, -0.05) is 24.3 Å². The lowest BCUT2D eigenvalue weighted by Gasteiger charge is -2.24. The van der Waals surface area contributed by atoms with Gasteiger partial charge in [-0.3, -0.25) is 4.79 Å². The van der Waals surface area contributed by atoms with E-state index in [0.717, 1.165) is 16.6 Å². The molecule has 1 amide bonds. The van der Waals surface area contributed by atoms with Crippen molar-refractivity contribution in [3.8, 4) is 5.75 Å². The molecule has 0 saturated carbocycles. The number of aromatic nitrogens is 1. The Bertz CT molecular complexity index is 823. The number of carbonyl (C=O) groups is 1. The zero-order valence-electron chi connectivity index (χ0n) is 15.5. The molecule has 0 radical (unpaired) electrons. The van der Waals surface area contributed by atoms with Gasteiger partial charge >= 0.3 is 0 Å². The molecule has 1 aromatic heterocycles. The first kappa shape index (κ1) is 18.7. The average molecular weight is 344 g/mol. The van der Waals surface area contributed by atoms with Crippen LogP contribution in [0.1, 0.15) is 21.7 Å². The first-order valence-corrected chi connectivity index (χ1v) is 8.05. The maximum absolute atomic E-state index is 12.5. The summed E-state index contributed by atoms with van der Waals surface area (Å²) in [5, 5.41) is 14.7. The number of nitrogens with zero attached hydrogens (tertiary/aromatic N) is 2. The fourth-order valence-corrected chi connectivity index (χ4v) is 2.54. The highest BCUT2D eigenvalue weighted by atomic mass is 16.5. The number of aryl methyl sites for hydroxylation is 1. The SMILES string of the molecule is C=C(CNC(=O)c1nc(C[N+](C)(C)C)c2cc(C)ccc2c1O)OC. The first-order valence-electron chi connectivity index (χ1n) is 8.05. The normalized spacial score (nSPS) is 11.4. The number of benzene rings is 1. The molecule has 134 valence electrons. The molecule has 0 spiro atoms. The molecule has 1 aromatic carbocycles. The second-order valence-corrected chi connectivity index (χ2v) is 7.18. The van der Waals surface area contributed by atoms with E-state index in [9.17, 15) is 9.90 Å². The van der Waals surface area contributed by atoms with Crippen LogP contribution in [0.25, 0.3) is 10.8 Å². The van der Waals surface area contributed by atoms with Gasteiger partial charge in [0.05, 0.1) is 34.8 Å². The molecule has 0 aliphatic carbocycles. The number of pyridine rings is 1. The number of hydrogen-bond donors (Lipinski definition) is 2. The number of carbonyl (C=O) groups excluding carboxylic acids is 1. The summed E-state index contributed by atoms with van der Waals surface area (Å²) in [6, 6.07) is 5.72. The molecule has 2 aromatic rings. The van der Waals surface area contributed by atoms with Gasteiger partial charge in [0.2, 0.25) is 0 Å². The number of aromatic hydroxyl groups is 1. The van der Waals surface area contributed by atoms with Crippen LogP contribution in [0.15, 0.2) is 30.5 Å². The van der Waals surface area contributed by atoms with E-state index in [1.54, 1.807) is 0 Å². The third-order valence-electron chi connectivity index (χ3n) is 3.79. The molecule has 0 atom stereocenters. The number of hydrogen-bond acceptors (Lipinski definition) is 4. The molecule has 25 heavy (non-hydrogen) atoms. The Morgan fingerprint density at radius 3 is 2.60 bits per heavy atom. The van der Waals surface area contributed by atoms with Crippen LogP contribution in [-0.4, -0.2) is 55.3 Å². The molecule has 0 fully saturated rings. The Kier molecular flexibility index (Phi) is 5.33. The van der Waals surface area contributed by atoms with Crippen LogP contribution >= 0.6 is 0 Å². The second kappa shape index (κ2) is 7.11. The van der Waals surface area contributed by atoms with Gasteiger partial charge in [0, 0.05) is 10.8 Å². The molecule has 0 unspecified atom stereocenters. The number of methoxy groups -OCH3 is 1. The number of fused-ring (bicyclic) bond motifs is 1. The summed E-state index contributed by atoms with van der Waals surface area (Å²) in [4.78, 5) is 17.0. The van der Waals surface area contributed by atoms with E-state index in [1.807, 2.05) is 25.1 Å². The van der Waals surface area contributed by atoms with Crippen molar-refractivity contribution >= 4 is 16.7 Å². The maximum Gasteiger partial charge on any atom is 0.274 e. The summed E-state index contributed by atoms with van der Waals surface area (Å²) < 4.78 is 5.60. The topological polar surface area (TPSA) is 71.5 Å². The van der Waals surface area contributed by atoms with E-state index in [0.29, 0.717) is 22.2 Å². The molecular formula is C19H26N3O3+. The summed E-state index contributed by atoms with van der Waals surface area (Å²) in [5.41, 5.74) is 1.87. The van der Waals surface area contributed by atoms with E-state index >= 15 is 0 Å². The molecule has 6 heteroatoms. The van der Waals surface area contributed by atoms with Gasteiger partial charge in [-0.2, -0.15) is 0 Å². The zero-order valence-corrected chi connectivity index (χ0v) is 15.5. The van der Waals surface area contributed by atoms with Crippen LogP contribution in [0.5, 0.6) is 5.75 Å². The predicted octanol–water partition coefficient (Wildman–Crippen LogP) is 2.34. The third kappa shape index (κ3) is 4.48. The van der Waals surface area contributed by atoms with Crippen molar-refractivity contribution in [2.75, 3.05) is 34.8 Å². The number of quaternary nitrogens is 1. The minimum absolute atomic E-state index is 0.0173. The fraction of sp³-hybridized carbons (Fsp3) is 0.368. The molecular weight excluding hydrogens is 318 g/mol. The van der Waals surface area contributed by atoms with Crippen LogP contribution in [0.4, 0.5) is 0 Å². The summed E-state index contributed by atoms with van der Waals surface area (Å²) in [6.07, 6.45) is 0. The van der Waals surface area contributed by atoms with Gasteiger partial charge in [-0.05, 0) is 13.0 Å². The molecule has 0 bridgehead atoms. The highest BCUT2D eigenvalue weighted by Crippen LogP contribution is 2.31. The van der Waals surface area contributed by atoms with Crippen molar-refractivity contribution in [1.82, 2.24) is 10.3 Å². The van der Waals surface area contributed by atoms with Crippen molar-refractivity contribution < 1.29 is 19.1 Å².